The molecule has 4 heterocycles. The third-order valence-electron chi connectivity index (χ3n) is 5.41. The first-order valence-electron chi connectivity index (χ1n) is 9.34. The summed E-state index contributed by atoms with van der Waals surface area (Å²) < 4.78 is 22.6. The molecule has 1 aromatic carbocycles. The number of ether oxygens (including phenoxy) is 1. The highest BCUT2D eigenvalue weighted by Gasteiger charge is 2.32. The average Bonchev–Trinajstić information content (AvgIpc) is 3.38. The van der Waals surface area contributed by atoms with Gasteiger partial charge in [-0.3, -0.25) is 14.5 Å². The van der Waals surface area contributed by atoms with Gasteiger partial charge in [-0.05, 0) is 12.5 Å². The molecule has 2 aromatic heterocycles. The van der Waals surface area contributed by atoms with E-state index in [1.54, 1.807) is 22.9 Å². The minimum absolute atomic E-state index is 0.0191. The molecule has 2 N–H and O–H groups in total. The fourth-order valence-corrected chi connectivity index (χ4v) is 4.63. The van der Waals surface area contributed by atoms with E-state index in [2.05, 4.69) is 10.3 Å². The smallest absolute Gasteiger partial charge is 0.341 e. The number of nitrogens with zero attached hydrogens (tertiary/aromatic N) is 4. The molecule has 3 aromatic rings. The van der Waals surface area contributed by atoms with Crippen LogP contribution >= 0.6 is 11.3 Å². The lowest BCUT2D eigenvalue weighted by molar-refractivity contribution is 0.0694. The van der Waals surface area contributed by atoms with E-state index in [9.17, 15) is 14.7 Å². The van der Waals surface area contributed by atoms with Gasteiger partial charge in [0, 0.05) is 44.0 Å². The Kier molecular flexibility index (Phi) is 4.28. The quantitative estimate of drug-likeness (QED) is 0.646. The molecule has 0 saturated carbocycles. The topological polar surface area (TPSA) is 99.9 Å². The van der Waals surface area contributed by atoms with Gasteiger partial charge in [0.2, 0.25) is 5.43 Å². The number of carboxylic acid groups (broad SMARTS) is 1. The Morgan fingerprint density at radius 3 is 3.03 bits per heavy atom. The van der Waals surface area contributed by atoms with Crippen LogP contribution in [0.15, 0.2) is 28.6 Å². The first-order chi connectivity index (χ1) is 14.4. The van der Waals surface area contributed by atoms with E-state index in [4.69, 9.17) is 4.74 Å². The third-order valence-corrected chi connectivity index (χ3v) is 6.11. The number of benzene rings is 1. The number of nitrogens with one attached hydrogen (secondary N) is 1. The molecule has 5 rings (SSSR count). The largest absolute Gasteiger partial charge is 0.477 e. The number of aromatic carboxylic acids is 1. The highest BCUT2D eigenvalue weighted by atomic mass is 32.1. The van der Waals surface area contributed by atoms with Crippen LogP contribution in [0, 0.1) is 5.82 Å². The van der Waals surface area contributed by atoms with Crippen molar-refractivity contribution >= 4 is 39.0 Å². The second kappa shape index (κ2) is 6.87. The number of pyridine rings is 1. The fourth-order valence-electron chi connectivity index (χ4n) is 4.02. The van der Waals surface area contributed by atoms with Gasteiger partial charge in [0.05, 0.1) is 5.39 Å². The van der Waals surface area contributed by atoms with Gasteiger partial charge in [-0.1, -0.05) is 0 Å². The lowest BCUT2D eigenvalue weighted by Gasteiger charge is -2.33. The molecule has 1 saturated heterocycles. The van der Waals surface area contributed by atoms with Crippen LogP contribution in [0.5, 0.6) is 5.75 Å². The van der Waals surface area contributed by atoms with Crippen LogP contribution in [0.2, 0.25) is 0 Å². The predicted molar refractivity (Wildman–Crippen MR) is 111 cm³/mol. The van der Waals surface area contributed by atoms with Crippen molar-refractivity contribution in [3.8, 4) is 5.75 Å². The SMILES string of the molecule is CN1COc2c(N3CC[C@@H](Nc4nccs4)C3)c(F)cc3c(=O)c(C(=O)O)cn1c23. The van der Waals surface area contributed by atoms with Crippen molar-refractivity contribution in [3.05, 3.63) is 45.4 Å². The van der Waals surface area contributed by atoms with Crippen LogP contribution in [0.4, 0.5) is 15.2 Å². The summed E-state index contributed by atoms with van der Waals surface area (Å²) in [6.07, 6.45) is 3.78. The van der Waals surface area contributed by atoms with Crippen molar-refractivity contribution in [2.75, 3.05) is 42.1 Å². The summed E-state index contributed by atoms with van der Waals surface area (Å²) in [4.78, 5) is 30.3. The number of anilines is 2. The van der Waals surface area contributed by atoms with Gasteiger partial charge in [-0.2, -0.15) is 0 Å². The van der Waals surface area contributed by atoms with E-state index in [0.29, 0.717) is 18.6 Å². The first kappa shape index (κ1) is 18.7. The number of thiazole rings is 1. The Morgan fingerprint density at radius 2 is 2.30 bits per heavy atom. The summed E-state index contributed by atoms with van der Waals surface area (Å²) in [5, 5.41) is 17.0. The molecule has 2 aliphatic rings. The molecule has 1 atom stereocenters. The second-order valence-corrected chi connectivity index (χ2v) is 8.19. The molecule has 11 heteroatoms. The molecule has 1 fully saturated rings. The van der Waals surface area contributed by atoms with Crippen LogP contribution in [0.3, 0.4) is 0 Å². The molecule has 2 aliphatic heterocycles. The van der Waals surface area contributed by atoms with Gasteiger partial charge in [0.15, 0.2) is 23.4 Å². The lowest BCUT2D eigenvalue weighted by atomic mass is 10.1. The highest BCUT2D eigenvalue weighted by molar-refractivity contribution is 7.13. The number of rotatable bonds is 4. The Balaban J connectivity index is 1.61. The fraction of sp³-hybridized carbons (Fsp3) is 0.316. The summed E-state index contributed by atoms with van der Waals surface area (Å²) in [5.41, 5.74) is -0.492. The van der Waals surface area contributed by atoms with Crippen molar-refractivity contribution in [2.45, 2.75) is 12.5 Å². The number of hydrogen-bond acceptors (Lipinski definition) is 8. The van der Waals surface area contributed by atoms with E-state index in [1.807, 2.05) is 10.3 Å². The van der Waals surface area contributed by atoms with Crippen LogP contribution in [0.1, 0.15) is 16.8 Å². The summed E-state index contributed by atoms with van der Waals surface area (Å²) in [6.45, 7) is 1.25. The number of halogens is 1. The summed E-state index contributed by atoms with van der Waals surface area (Å²) >= 11 is 1.51. The van der Waals surface area contributed by atoms with Crippen LogP contribution in [-0.2, 0) is 0 Å². The molecule has 0 amide bonds. The maximum Gasteiger partial charge on any atom is 0.341 e. The van der Waals surface area contributed by atoms with Crippen molar-refractivity contribution in [3.63, 3.8) is 0 Å². The van der Waals surface area contributed by atoms with Crippen LogP contribution in [-0.4, -0.2) is 53.6 Å². The molecule has 156 valence electrons. The van der Waals surface area contributed by atoms with Crippen molar-refractivity contribution in [1.29, 1.82) is 0 Å². The molecule has 9 nitrogen and oxygen atoms in total. The van der Waals surface area contributed by atoms with Crippen molar-refractivity contribution < 1.29 is 19.0 Å². The predicted octanol–water partition coefficient (Wildman–Crippen LogP) is 1.90. The number of hydrogen-bond donors (Lipinski definition) is 2. The second-order valence-electron chi connectivity index (χ2n) is 7.30. The maximum atomic E-state index is 15.2. The summed E-state index contributed by atoms with van der Waals surface area (Å²) in [6, 6.07) is 1.21. The van der Waals surface area contributed by atoms with Gasteiger partial charge in [-0.15, -0.1) is 11.3 Å². The minimum atomic E-state index is -1.35. The van der Waals surface area contributed by atoms with Gasteiger partial charge in [-0.25, -0.2) is 14.2 Å². The Labute approximate surface area is 173 Å². The van der Waals surface area contributed by atoms with Crippen LogP contribution < -0.4 is 25.4 Å². The maximum absolute atomic E-state index is 15.2. The van der Waals surface area contributed by atoms with Crippen LogP contribution in [0.25, 0.3) is 10.9 Å². The molecule has 30 heavy (non-hydrogen) atoms. The van der Waals surface area contributed by atoms with E-state index in [1.165, 1.54) is 17.5 Å². The zero-order chi connectivity index (χ0) is 21.0. The molecular weight excluding hydrogens is 413 g/mol. The van der Waals surface area contributed by atoms with Gasteiger partial charge in [0.1, 0.15) is 16.8 Å². The summed E-state index contributed by atoms with van der Waals surface area (Å²) in [5.74, 6) is -1.71. The summed E-state index contributed by atoms with van der Waals surface area (Å²) in [7, 11) is 1.70. The molecule has 0 aliphatic carbocycles. The molecule has 0 bridgehead atoms. The average molecular weight is 431 g/mol. The van der Waals surface area contributed by atoms with E-state index >= 15 is 4.39 Å². The molecule has 0 spiro atoms. The minimum Gasteiger partial charge on any atom is -0.477 e. The van der Waals surface area contributed by atoms with Crippen molar-refractivity contribution in [1.82, 2.24) is 9.66 Å². The molecular formula is C19H18FN5O4S. The first-order valence-corrected chi connectivity index (χ1v) is 10.2. The van der Waals surface area contributed by atoms with Gasteiger partial charge >= 0.3 is 5.97 Å². The monoisotopic (exact) mass is 431 g/mol. The highest BCUT2D eigenvalue weighted by Crippen LogP contribution is 2.41. The number of carbonyl (C=O) groups is 1. The zero-order valence-electron chi connectivity index (χ0n) is 16.0. The standard InChI is InChI=1S/C19H18FN5O4S/c1-23-9-29-17-14-11(16(26)12(18(27)28)8-25(14)23)6-13(20)15(17)24-4-2-10(7-24)22-19-21-3-5-30-19/h3,5-6,8,10H,2,4,7,9H2,1H3,(H,21,22)(H,27,28)/t10-/m1/s1. The Morgan fingerprint density at radius 1 is 1.47 bits per heavy atom. The van der Waals surface area contributed by atoms with Crippen molar-refractivity contribution in [2.24, 2.45) is 0 Å². The van der Waals surface area contributed by atoms with E-state index in [-0.39, 0.29) is 29.6 Å². The Bertz CT molecular complexity index is 1210. The van der Waals surface area contributed by atoms with E-state index < -0.39 is 22.8 Å². The zero-order valence-corrected chi connectivity index (χ0v) is 16.8. The Hall–Kier alpha value is -3.34. The number of carboxylic acids is 1. The lowest BCUT2D eigenvalue weighted by Crippen LogP contribution is -2.40. The normalized spacial score (nSPS) is 18.0. The third kappa shape index (κ3) is 2.84. The van der Waals surface area contributed by atoms with Gasteiger partial charge in [0.25, 0.3) is 0 Å². The van der Waals surface area contributed by atoms with Gasteiger partial charge < -0.3 is 20.1 Å². The van der Waals surface area contributed by atoms with E-state index in [0.717, 1.165) is 17.6 Å². The molecule has 0 radical (unpaired) electrons. The number of aromatic nitrogens is 2. The molecule has 0 unspecified atom stereocenters.